The molecule has 2 aromatic rings. The molecule has 2 amide bonds. The van der Waals surface area contributed by atoms with Gasteiger partial charge in [-0.1, -0.05) is 11.6 Å². The number of hydrogen-bond acceptors (Lipinski definition) is 4. The van der Waals surface area contributed by atoms with Gasteiger partial charge in [-0.15, -0.1) is 11.3 Å². The molecule has 1 aliphatic heterocycles. The number of thiazole rings is 1. The van der Waals surface area contributed by atoms with Crippen molar-refractivity contribution in [2.75, 3.05) is 16.8 Å². The molecule has 0 atom stereocenters. The van der Waals surface area contributed by atoms with E-state index in [0.29, 0.717) is 23.8 Å². The smallest absolute Gasteiger partial charge is 0.326 e. The number of halogens is 4. The highest BCUT2D eigenvalue weighted by molar-refractivity contribution is 7.14. The van der Waals surface area contributed by atoms with Crippen LogP contribution in [0.25, 0.3) is 0 Å². The van der Waals surface area contributed by atoms with Crippen LogP contribution in [0, 0.1) is 0 Å². The number of anilines is 2. The SMILES string of the molecule is O=C(Cc1csc(N2CCCC2=O)n1)Nc1ccc(Cl)c(C(F)(F)F)c1. The van der Waals surface area contributed by atoms with Gasteiger partial charge in [-0.2, -0.15) is 13.2 Å². The van der Waals surface area contributed by atoms with E-state index in [4.69, 9.17) is 11.6 Å². The molecule has 1 fully saturated rings. The topological polar surface area (TPSA) is 62.3 Å². The third kappa shape index (κ3) is 4.16. The van der Waals surface area contributed by atoms with Crippen LogP contribution >= 0.6 is 22.9 Å². The van der Waals surface area contributed by atoms with Crippen LogP contribution in [0.1, 0.15) is 24.1 Å². The Bertz CT molecular complexity index is 854. The Morgan fingerprint density at radius 1 is 1.38 bits per heavy atom. The summed E-state index contributed by atoms with van der Waals surface area (Å²) in [4.78, 5) is 29.6. The summed E-state index contributed by atoms with van der Waals surface area (Å²) in [5.74, 6) is -0.513. The Morgan fingerprint density at radius 2 is 2.15 bits per heavy atom. The highest BCUT2D eigenvalue weighted by Gasteiger charge is 2.33. The van der Waals surface area contributed by atoms with Crippen LogP contribution in [0.2, 0.25) is 5.02 Å². The molecular weight excluding hydrogens is 391 g/mol. The van der Waals surface area contributed by atoms with Crippen molar-refractivity contribution in [3.8, 4) is 0 Å². The molecule has 26 heavy (non-hydrogen) atoms. The molecule has 0 aliphatic carbocycles. The number of alkyl halides is 3. The van der Waals surface area contributed by atoms with E-state index in [1.54, 1.807) is 10.3 Å². The van der Waals surface area contributed by atoms with Gasteiger partial charge in [0.25, 0.3) is 0 Å². The van der Waals surface area contributed by atoms with Crippen LogP contribution in [0.5, 0.6) is 0 Å². The molecule has 1 aliphatic rings. The van der Waals surface area contributed by atoms with E-state index >= 15 is 0 Å². The standard InChI is InChI=1S/C16H13ClF3N3O2S/c17-12-4-3-9(6-11(12)16(18,19)20)21-13(24)7-10-8-26-15(22-10)23-5-1-2-14(23)25/h3-4,6,8H,1-2,5,7H2,(H,21,24). The molecular formula is C16H13ClF3N3O2S. The van der Waals surface area contributed by atoms with Gasteiger partial charge < -0.3 is 5.32 Å². The lowest BCUT2D eigenvalue weighted by Gasteiger charge is -2.11. The number of rotatable bonds is 4. The summed E-state index contributed by atoms with van der Waals surface area (Å²) in [5.41, 5.74) is -0.565. The first-order valence-corrected chi connectivity index (χ1v) is 8.91. The molecule has 5 nitrogen and oxygen atoms in total. The van der Waals surface area contributed by atoms with Crippen LogP contribution < -0.4 is 10.2 Å². The average Bonchev–Trinajstić information content (AvgIpc) is 3.16. The summed E-state index contributed by atoms with van der Waals surface area (Å²) in [6, 6.07) is 3.17. The molecule has 1 aromatic carbocycles. The van der Waals surface area contributed by atoms with Gasteiger partial charge in [-0.25, -0.2) is 4.98 Å². The molecule has 0 unspecified atom stereocenters. The summed E-state index contributed by atoms with van der Waals surface area (Å²) in [6.07, 6.45) is -3.47. The Balaban J connectivity index is 1.66. The fourth-order valence-corrected chi connectivity index (χ4v) is 3.63. The van der Waals surface area contributed by atoms with Crippen LogP contribution in [0.3, 0.4) is 0 Å². The lowest BCUT2D eigenvalue weighted by Crippen LogP contribution is -2.23. The quantitative estimate of drug-likeness (QED) is 0.835. The van der Waals surface area contributed by atoms with Gasteiger partial charge in [0.1, 0.15) is 0 Å². The molecule has 0 spiro atoms. The molecule has 1 N–H and O–H groups in total. The maximum Gasteiger partial charge on any atom is 0.417 e. The second-order valence-electron chi connectivity index (χ2n) is 5.69. The number of aromatic nitrogens is 1. The molecule has 2 heterocycles. The zero-order valence-electron chi connectivity index (χ0n) is 13.3. The van der Waals surface area contributed by atoms with Gasteiger partial charge >= 0.3 is 6.18 Å². The van der Waals surface area contributed by atoms with Gasteiger partial charge in [-0.3, -0.25) is 14.5 Å². The summed E-state index contributed by atoms with van der Waals surface area (Å²) < 4.78 is 38.6. The summed E-state index contributed by atoms with van der Waals surface area (Å²) in [7, 11) is 0. The number of hydrogen-bond donors (Lipinski definition) is 1. The van der Waals surface area contributed by atoms with E-state index in [0.717, 1.165) is 18.6 Å². The molecule has 0 bridgehead atoms. The first kappa shape index (κ1) is 18.7. The van der Waals surface area contributed by atoms with E-state index in [9.17, 15) is 22.8 Å². The predicted molar refractivity (Wildman–Crippen MR) is 92.5 cm³/mol. The Kier molecular flexibility index (Phi) is 5.19. The van der Waals surface area contributed by atoms with Crippen molar-refractivity contribution in [3.63, 3.8) is 0 Å². The molecule has 10 heteroatoms. The van der Waals surface area contributed by atoms with Crippen LogP contribution in [0.4, 0.5) is 24.0 Å². The molecule has 0 radical (unpaired) electrons. The zero-order valence-corrected chi connectivity index (χ0v) is 14.8. The Morgan fingerprint density at radius 3 is 2.81 bits per heavy atom. The minimum absolute atomic E-state index is 0.00287. The fraction of sp³-hybridized carbons (Fsp3) is 0.312. The summed E-state index contributed by atoms with van der Waals surface area (Å²) in [6.45, 7) is 0.600. The number of carbonyl (C=O) groups is 2. The lowest BCUT2D eigenvalue weighted by molar-refractivity contribution is -0.137. The van der Waals surface area contributed by atoms with Crippen molar-refractivity contribution in [3.05, 3.63) is 39.9 Å². The van der Waals surface area contributed by atoms with Crippen molar-refractivity contribution in [1.82, 2.24) is 4.98 Å². The van der Waals surface area contributed by atoms with Crippen molar-refractivity contribution in [2.45, 2.75) is 25.4 Å². The van der Waals surface area contributed by atoms with Gasteiger partial charge in [0, 0.05) is 24.0 Å². The van der Waals surface area contributed by atoms with Gasteiger partial charge in [0.05, 0.1) is 22.7 Å². The average molecular weight is 404 g/mol. The van der Waals surface area contributed by atoms with E-state index in [2.05, 4.69) is 10.3 Å². The van der Waals surface area contributed by atoms with Gasteiger partial charge in [0.15, 0.2) is 5.13 Å². The second kappa shape index (κ2) is 7.24. The normalized spacial score (nSPS) is 14.8. The van der Waals surface area contributed by atoms with Gasteiger partial charge in [0.2, 0.25) is 11.8 Å². The van der Waals surface area contributed by atoms with Crippen molar-refractivity contribution >= 4 is 45.6 Å². The molecule has 0 saturated carbocycles. The van der Waals surface area contributed by atoms with Crippen LogP contribution in [0.15, 0.2) is 23.6 Å². The Hall–Kier alpha value is -2.13. The van der Waals surface area contributed by atoms with Crippen LogP contribution in [-0.4, -0.2) is 23.3 Å². The number of nitrogens with one attached hydrogen (secondary N) is 1. The predicted octanol–water partition coefficient (Wildman–Crippen LogP) is 4.12. The maximum atomic E-state index is 12.9. The fourth-order valence-electron chi connectivity index (χ4n) is 2.54. The minimum atomic E-state index is -4.61. The monoisotopic (exact) mass is 403 g/mol. The summed E-state index contributed by atoms with van der Waals surface area (Å²) in [5, 5.41) is 4.15. The third-order valence-electron chi connectivity index (χ3n) is 3.74. The number of benzene rings is 1. The van der Waals surface area contributed by atoms with E-state index < -0.39 is 22.7 Å². The number of nitrogens with zero attached hydrogens (tertiary/aromatic N) is 2. The number of amides is 2. The molecule has 3 rings (SSSR count). The lowest BCUT2D eigenvalue weighted by atomic mass is 10.2. The van der Waals surface area contributed by atoms with Crippen molar-refractivity contribution < 1.29 is 22.8 Å². The van der Waals surface area contributed by atoms with E-state index in [-0.39, 0.29) is 18.0 Å². The first-order chi connectivity index (χ1) is 12.2. The molecule has 138 valence electrons. The summed E-state index contributed by atoms with van der Waals surface area (Å²) >= 11 is 6.80. The zero-order chi connectivity index (χ0) is 18.9. The highest BCUT2D eigenvalue weighted by Crippen LogP contribution is 2.36. The van der Waals surface area contributed by atoms with Crippen molar-refractivity contribution in [2.24, 2.45) is 0 Å². The Labute approximate surface area is 155 Å². The van der Waals surface area contributed by atoms with Crippen molar-refractivity contribution in [1.29, 1.82) is 0 Å². The first-order valence-electron chi connectivity index (χ1n) is 7.65. The van der Waals surface area contributed by atoms with Gasteiger partial charge in [-0.05, 0) is 24.6 Å². The number of carbonyl (C=O) groups excluding carboxylic acids is 2. The largest absolute Gasteiger partial charge is 0.417 e. The van der Waals surface area contributed by atoms with E-state index in [1.165, 1.54) is 17.4 Å². The molecule has 1 aromatic heterocycles. The highest BCUT2D eigenvalue weighted by atomic mass is 35.5. The maximum absolute atomic E-state index is 12.9. The van der Waals surface area contributed by atoms with Crippen LogP contribution in [-0.2, 0) is 22.2 Å². The van der Waals surface area contributed by atoms with E-state index in [1.807, 2.05) is 0 Å². The third-order valence-corrected chi connectivity index (χ3v) is 4.98. The molecule has 1 saturated heterocycles. The minimum Gasteiger partial charge on any atom is -0.326 e. The second-order valence-corrected chi connectivity index (χ2v) is 6.93.